The molecule has 2 aromatic heterocycles. The van der Waals surface area contributed by atoms with Gasteiger partial charge in [-0.3, -0.25) is 14.6 Å². The van der Waals surface area contributed by atoms with Crippen LogP contribution in [-0.2, 0) is 80.9 Å². The Labute approximate surface area is 608 Å². The SMILES string of the molecule is CCOC1C[C@H](n2cc(C#CNC(=O)NCCCCCOCSSC(C)(C)CCOC(=O)NCCOCCOCCNC(=O)c3ccc(C(=O)O)c(C4=c5cc6c7c(c5Oc5c4cc4c8c5CCCN8CCC4)CCC[N+]=7CCC6)c3)c3c(N)ncnc32)O[C@@H]1COP(=O)(O)OP(=O)(O)OP(=O)(O)O. The van der Waals surface area contributed by atoms with Crippen molar-refractivity contribution in [2.75, 3.05) is 115 Å². The number of nitrogens with two attached hydrogens (primary N) is 1. The lowest BCUT2D eigenvalue weighted by Gasteiger charge is -2.39. The van der Waals surface area contributed by atoms with E-state index in [0.717, 1.165) is 118 Å². The van der Waals surface area contributed by atoms with Gasteiger partial charge in [0, 0.05) is 121 Å². The predicted molar refractivity (Wildman–Crippen MR) is 385 cm³/mol. The average Bonchev–Trinajstić information content (AvgIpc) is 0.913. The molecule has 11 rings (SSSR count). The van der Waals surface area contributed by atoms with E-state index in [1.807, 2.05) is 0 Å². The van der Waals surface area contributed by atoms with Gasteiger partial charge in [0.05, 0.1) is 67.8 Å². The fourth-order valence-electron chi connectivity index (χ4n) is 13.7. The third-order valence-corrected chi connectivity index (χ3v) is 25.0. The van der Waals surface area contributed by atoms with Gasteiger partial charge in [0.1, 0.15) is 60.7 Å². The number of hydrogen-bond donors (Lipinski definition) is 10. The van der Waals surface area contributed by atoms with Gasteiger partial charge in [0.15, 0.2) is 0 Å². The van der Waals surface area contributed by atoms with Crippen molar-refractivity contribution in [3.8, 4) is 23.5 Å². The molecule has 0 radical (unpaired) electrons. The summed E-state index contributed by atoms with van der Waals surface area (Å²) in [5.74, 6) is 3.58. The first kappa shape index (κ1) is 78.4. The maximum absolute atomic E-state index is 13.9. The molecule has 104 heavy (non-hydrogen) atoms. The van der Waals surface area contributed by atoms with Crippen molar-refractivity contribution in [3.63, 3.8) is 0 Å². The molecule has 8 heterocycles. The number of aryl methyl sites for hydroxylation is 2. The number of nitrogens with one attached hydrogen (secondary N) is 4. The third-order valence-electron chi connectivity index (χ3n) is 18.2. The Morgan fingerprint density at radius 1 is 0.808 bits per heavy atom. The zero-order valence-electron chi connectivity index (χ0n) is 57.9. The quantitative estimate of drug-likeness (QED) is 0.00377. The number of phosphoric ester groups is 1. The summed E-state index contributed by atoms with van der Waals surface area (Å²) >= 11 is 0. The minimum absolute atomic E-state index is 0.0724. The van der Waals surface area contributed by atoms with Crippen molar-refractivity contribution in [2.24, 2.45) is 0 Å². The fraction of sp³-hybridized carbons (Fsp3) is 0.537. The monoisotopic (exact) mass is 1540 g/mol. The minimum atomic E-state index is -5.74. The van der Waals surface area contributed by atoms with Crippen LogP contribution in [0.15, 0.2) is 42.9 Å². The highest BCUT2D eigenvalue weighted by Crippen LogP contribution is 2.66. The lowest BCUT2D eigenvalue weighted by Crippen LogP contribution is -2.45. The second-order valence-electron chi connectivity index (χ2n) is 26.0. The number of anilines is 2. The first-order valence-electron chi connectivity index (χ1n) is 34.6. The summed E-state index contributed by atoms with van der Waals surface area (Å²) < 4.78 is 93.1. The molecule has 11 N–H and O–H groups in total. The Morgan fingerprint density at radius 3 is 2.33 bits per heavy atom. The molecule has 37 heteroatoms. The second kappa shape index (κ2) is 35.3. The highest BCUT2D eigenvalue weighted by molar-refractivity contribution is 8.77. The van der Waals surface area contributed by atoms with Crippen molar-refractivity contribution in [1.29, 1.82) is 0 Å². The van der Waals surface area contributed by atoms with Crippen LogP contribution in [-0.4, -0.2) is 185 Å². The Bertz CT molecular complexity index is 4370. The molecular formula is C67H88N10O22P3S2+. The summed E-state index contributed by atoms with van der Waals surface area (Å²) in [7, 11) is -13.6. The lowest BCUT2D eigenvalue weighted by atomic mass is 9.81. The molecule has 6 aliphatic heterocycles. The number of rotatable bonds is 35. The van der Waals surface area contributed by atoms with Crippen LogP contribution in [0.4, 0.5) is 21.1 Å². The number of phosphoric acid groups is 3. The highest BCUT2D eigenvalue weighted by atomic mass is 33.1. The molecule has 5 aromatic rings. The van der Waals surface area contributed by atoms with Crippen molar-refractivity contribution in [1.82, 2.24) is 40.4 Å². The molecule has 1 saturated heterocycles. The van der Waals surface area contributed by atoms with Gasteiger partial charge >= 0.3 is 41.6 Å². The molecule has 1 fully saturated rings. The number of alkyl carbamates (subject to hydrolysis) is 1. The van der Waals surface area contributed by atoms with Crippen molar-refractivity contribution >= 4 is 97.2 Å². The Balaban J connectivity index is 0.533. The second-order valence-corrected chi connectivity index (χ2v) is 33.4. The van der Waals surface area contributed by atoms with Crippen LogP contribution in [0.5, 0.6) is 11.5 Å². The number of carboxylic acid groups (broad SMARTS) is 1. The molecule has 5 atom stereocenters. The number of carbonyl (C=O) groups is 4. The van der Waals surface area contributed by atoms with Gasteiger partial charge in [0.25, 0.3) is 5.91 Å². The summed E-state index contributed by atoms with van der Waals surface area (Å²) in [5.41, 5.74) is 15.6. The molecule has 564 valence electrons. The smallest absolute Gasteiger partial charge is 0.478 e. The summed E-state index contributed by atoms with van der Waals surface area (Å²) in [5, 5.41) is 24.2. The maximum atomic E-state index is 13.9. The summed E-state index contributed by atoms with van der Waals surface area (Å²) in [4.78, 5) is 100. The van der Waals surface area contributed by atoms with Gasteiger partial charge < -0.3 is 89.0 Å². The number of nitrogens with zero attached hydrogens (tertiary/aromatic N) is 5. The summed E-state index contributed by atoms with van der Waals surface area (Å²) in [6, 6.07) is 11.4. The normalized spacial score (nSPS) is 18.5. The molecule has 3 aromatic carbocycles. The van der Waals surface area contributed by atoms with E-state index in [-0.39, 0.29) is 86.8 Å². The van der Waals surface area contributed by atoms with E-state index in [1.54, 1.807) is 57.5 Å². The number of fused-ring (bicyclic) bond motifs is 5. The molecular weight excluding hydrogens is 1450 g/mol. The first-order chi connectivity index (χ1) is 49.9. The first-order valence-corrected chi connectivity index (χ1v) is 41.4. The highest BCUT2D eigenvalue weighted by Gasteiger charge is 2.45. The number of ether oxygens (including phenoxy) is 7. The van der Waals surface area contributed by atoms with Gasteiger partial charge in [-0.05, 0) is 132 Å². The Hall–Kier alpha value is -6.70. The van der Waals surface area contributed by atoms with Gasteiger partial charge in [-0.15, -0.1) is 0 Å². The van der Waals surface area contributed by atoms with Crippen LogP contribution in [0.1, 0.15) is 144 Å². The van der Waals surface area contributed by atoms with E-state index in [4.69, 9.17) is 53.2 Å². The van der Waals surface area contributed by atoms with Crippen LogP contribution in [0, 0.1) is 12.0 Å². The van der Waals surface area contributed by atoms with Gasteiger partial charge in [0.2, 0.25) is 5.36 Å². The van der Waals surface area contributed by atoms with Crippen LogP contribution < -0.4 is 51.8 Å². The number of carboxylic acids is 1. The zero-order valence-corrected chi connectivity index (χ0v) is 62.2. The molecule has 6 aliphatic rings. The fourth-order valence-corrected chi connectivity index (χ4v) is 19.0. The van der Waals surface area contributed by atoms with E-state index in [9.17, 15) is 47.8 Å². The molecule has 0 spiro atoms. The Morgan fingerprint density at radius 2 is 1.56 bits per heavy atom. The standard InChI is InChI=1S/C67H87N10O22P3S2/c1-4-93-52-37-54(96-53(52)39-95-101(86,87)99-102(88,89)98-100(83,84)85)77-38-45(55-61(68)73-40-74-62(55)77)18-21-71-65(81)70-20-6-5-7-28-92-41-103-104-67(2,3)19-29-94-66(82)72-23-31-91-33-32-90-30-22-69-63(78)44-16-17-46(64(79)80)49(36-44)56-50-34-42-12-8-24-75-26-10-14-47(57(42)75)59(50)97-60-48-15-11-27-76-25-9-13-43(58(48)76)35-51(56)60/h16-17,34-36,38,40,52-54H,4-15,19-20,22-33,37,39,41H2,1-3H3,(H10-,68,69,70,71,72,73,74,78,79,80,81,82,83,84,85,86,87,88,89)/p+1/t52?,53-,54-/m1/s1. The van der Waals surface area contributed by atoms with Gasteiger partial charge in [-0.1, -0.05) is 21.6 Å². The number of benzene rings is 3. The van der Waals surface area contributed by atoms with E-state index < -0.39 is 66.6 Å². The van der Waals surface area contributed by atoms with Crippen molar-refractivity contribution in [3.05, 3.63) is 104 Å². The van der Waals surface area contributed by atoms with Gasteiger partial charge in [-0.25, -0.2) is 42.6 Å². The minimum Gasteiger partial charge on any atom is -0.478 e. The number of unbranched alkanes of at least 4 members (excludes halogenated alkanes) is 2. The summed E-state index contributed by atoms with van der Waals surface area (Å²) in [6.07, 6.45) is 10.2. The number of aromatic carboxylic acids is 1. The predicted octanol–water partition coefficient (Wildman–Crippen LogP) is 6.68. The van der Waals surface area contributed by atoms with E-state index in [2.05, 4.69) is 87.3 Å². The number of amides is 4. The topological polar surface area (TPSA) is 424 Å². The number of urea groups is 1. The third kappa shape index (κ3) is 20.1. The van der Waals surface area contributed by atoms with Crippen molar-refractivity contribution in [2.45, 2.75) is 127 Å². The lowest BCUT2D eigenvalue weighted by molar-refractivity contribution is -0.0572. The number of aromatic nitrogens is 3. The molecule has 4 amide bonds. The molecule has 32 nitrogen and oxygen atoms in total. The zero-order chi connectivity index (χ0) is 73.8. The largest absolute Gasteiger partial charge is 0.490 e. The van der Waals surface area contributed by atoms with Crippen molar-refractivity contribution < 1.29 is 104 Å². The van der Waals surface area contributed by atoms with Crippen LogP contribution in [0.3, 0.4) is 0 Å². The van der Waals surface area contributed by atoms with Crippen LogP contribution in [0.2, 0.25) is 0 Å². The van der Waals surface area contributed by atoms with Crippen LogP contribution >= 0.6 is 45.1 Å². The van der Waals surface area contributed by atoms with E-state index >= 15 is 0 Å². The number of nitrogen functional groups attached to an aromatic ring is 1. The average molecular weight is 1540 g/mol. The summed E-state index contributed by atoms with van der Waals surface area (Å²) in [6.45, 7) is 11.8. The molecule has 0 saturated carbocycles. The molecule has 0 aliphatic carbocycles. The Kier molecular flexibility index (Phi) is 26.6. The number of hydrogen-bond acceptors (Lipinski definition) is 23. The van der Waals surface area contributed by atoms with Gasteiger partial charge in [-0.2, -0.15) is 8.62 Å². The van der Waals surface area contributed by atoms with E-state index in [0.29, 0.717) is 54.0 Å². The van der Waals surface area contributed by atoms with E-state index in [1.165, 1.54) is 39.6 Å². The maximum Gasteiger partial charge on any atom is 0.490 e. The molecule has 0 bridgehead atoms. The molecule has 3 unspecified atom stereocenters. The van der Waals surface area contributed by atoms with Crippen LogP contribution in [0.25, 0.3) is 16.6 Å². The number of carbonyl (C=O) groups excluding carboxylic acids is 3.